The number of carboxylic acid groups (broad SMARTS) is 1. The molecule has 21 heavy (non-hydrogen) atoms. The van der Waals surface area contributed by atoms with Gasteiger partial charge in [0.2, 0.25) is 10.0 Å². The van der Waals surface area contributed by atoms with Crippen LogP contribution >= 0.6 is 0 Å². The Morgan fingerprint density at radius 3 is 2.62 bits per heavy atom. The molecule has 1 rings (SSSR count). The molecule has 0 aliphatic heterocycles. The molecule has 0 heterocycles. The van der Waals surface area contributed by atoms with Crippen molar-refractivity contribution in [3.63, 3.8) is 0 Å². The van der Waals surface area contributed by atoms with Crippen LogP contribution in [-0.4, -0.2) is 38.1 Å². The molecule has 0 radical (unpaired) electrons. The molecule has 1 atom stereocenters. The van der Waals surface area contributed by atoms with Crippen LogP contribution in [0.1, 0.15) is 19.4 Å². The van der Waals surface area contributed by atoms with E-state index in [0.29, 0.717) is 5.56 Å². The summed E-state index contributed by atoms with van der Waals surface area (Å²) in [5.74, 6) is -1.74. The van der Waals surface area contributed by atoms with Gasteiger partial charge in [0.25, 0.3) is 0 Å². The molecule has 0 bridgehead atoms. The summed E-state index contributed by atoms with van der Waals surface area (Å²) in [6.07, 6.45) is -0.0499. The van der Waals surface area contributed by atoms with Crippen molar-refractivity contribution in [1.82, 2.24) is 4.72 Å². The van der Waals surface area contributed by atoms with Gasteiger partial charge in [-0.3, -0.25) is 9.59 Å². The molecule has 8 heteroatoms. The molecule has 1 unspecified atom stereocenters. The molecule has 0 fully saturated rings. The molecule has 0 saturated carbocycles. The molecule has 0 spiro atoms. The summed E-state index contributed by atoms with van der Waals surface area (Å²) >= 11 is 0. The number of carboxylic acids is 1. The molecular weight excluding hydrogens is 298 g/mol. The van der Waals surface area contributed by atoms with E-state index in [1.54, 1.807) is 13.0 Å². The largest absolute Gasteiger partial charge is 0.480 e. The van der Waals surface area contributed by atoms with Crippen LogP contribution in [0.3, 0.4) is 0 Å². The van der Waals surface area contributed by atoms with E-state index in [2.05, 4.69) is 0 Å². The van der Waals surface area contributed by atoms with Gasteiger partial charge in [0.1, 0.15) is 6.04 Å². The number of carbonyl (C=O) groups excluding carboxylic acids is 1. The Balaban J connectivity index is 2.93. The van der Waals surface area contributed by atoms with E-state index in [0.717, 1.165) is 0 Å². The fourth-order valence-corrected chi connectivity index (χ4v) is 2.82. The standard InChI is InChI=1S/C13H17NO6S/c1-3-20-12(15)8-10-5-4-6-11(7-10)21(18,19)14-9(2)13(16)17/h4-7,9,14H,3,8H2,1-2H3,(H,16,17). The number of sulfonamides is 1. The third-order valence-electron chi connectivity index (χ3n) is 2.56. The van der Waals surface area contributed by atoms with Gasteiger partial charge in [-0.15, -0.1) is 0 Å². The van der Waals surface area contributed by atoms with Crippen molar-refractivity contribution < 1.29 is 27.9 Å². The predicted molar refractivity (Wildman–Crippen MR) is 74.2 cm³/mol. The van der Waals surface area contributed by atoms with Crippen LogP contribution in [0.15, 0.2) is 29.2 Å². The molecule has 1 aromatic rings. The van der Waals surface area contributed by atoms with Crippen LogP contribution in [-0.2, 0) is 30.8 Å². The zero-order valence-electron chi connectivity index (χ0n) is 11.7. The van der Waals surface area contributed by atoms with Crippen molar-refractivity contribution >= 4 is 22.0 Å². The topological polar surface area (TPSA) is 110 Å². The maximum absolute atomic E-state index is 12.0. The van der Waals surface area contributed by atoms with E-state index >= 15 is 0 Å². The van der Waals surface area contributed by atoms with E-state index in [9.17, 15) is 18.0 Å². The lowest BCUT2D eigenvalue weighted by Crippen LogP contribution is -2.38. The molecule has 1 aromatic carbocycles. The van der Waals surface area contributed by atoms with Gasteiger partial charge in [0, 0.05) is 0 Å². The number of hydrogen-bond acceptors (Lipinski definition) is 5. The third-order valence-corrected chi connectivity index (χ3v) is 4.10. The number of rotatable bonds is 7. The lowest BCUT2D eigenvalue weighted by molar-refractivity contribution is -0.142. The second kappa shape index (κ2) is 7.19. The summed E-state index contributed by atoms with van der Waals surface area (Å²) in [5, 5.41) is 8.74. The monoisotopic (exact) mass is 315 g/mol. The maximum atomic E-state index is 12.0. The second-order valence-corrected chi connectivity index (χ2v) is 6.02. The van der Waals surface area contributed by atoms with Gasteiger partial charge in [-0.2, -0.15) is 4.72 Å². The van der Waals surface area contributed by atoms with Crippen LogP contribution in [0.5, 0.6) is 0 Å². The average Bonchev–Trinajstić information content (AvgIpc) is 2.38. The smallest absolute Gasteiger partial charge is 0.321 e. The fraction of sp³-hybridized carbons (Fsp3) is 0.385. The molecule has 0 saturated heterocycles. The fourth-order valence-electron chi connectivity index (χ4n) is 1.55. The highest BCUT2D eigenvalue weighted by Gasteiger charge is 2.21. The zero-order chi connectivity index (χ0) is 16.0. The summed E-state index contributed by atoms with van der Waals surface area (Å²) in [5.41, 5.74) is 0.472. The Kier molecular flexibility index (Phi) is 5.86. The van der Waals surface area contributed by atoms with Crippen LogP contribution in [0, 0.1) is 0 Å². The quantitative estimate of drug-likeness (QED) is 0.711. The Bertz CT molecular complexity index is 625. The lowest BCUT2D eigenvalue weighted by Gasteiger charge is -2.11. The molecule has 7 nitrogen and oxygen atoms in total. The van der Waals surface area contributed by atoms with Gasteiger partial charge >= 0.3 is 11.9 Å². The van der Waals surface area contributed by atoms with Crippen LogP contribution < -0.4 is 4.72 Å². The van der Waals surface area contributed by atoms with Gasteiger partial charge in [0.15, 0.2) is 0 Å². The number of ether oxygens (including phenoxy) is 1. The Labute approximate surface area is 123 Å². The highest BCUT2D eigenvalue weighted by atomic mass is 32.2. The number of benzene rings is 1. The van der Waals surface area contributed by atoms with E-state index in [4.69, 9.17) is 9.84 Å². The first-order valence-corrected chi connectivity index (χ1v) is 7.74. The van der Waals surface area contributed by atoms with Gasteiger partial charge < -0.3 is 9.84 Å². The lowest BCUT2D eigenvalue weighted by atomic mass is 10.1. The van der Waals surface area contributed by atoms with Gasteiger partial charge in [0.05, 0.1) is 17.9 Å². The van der Waals surface area contributed by atoms with Crippen molar-refractivity contribution in [3.8, 4) is 0 Å². The summed E-state index contributed by atoms with van der Waals surface area (Å²) in [6.45, 7) is 3.15. The molecular formula is C13H17NO6S. The second-order valence-electron chi connectivity index (χ2n) is 4.31. The average molecular weight is 315 g/mol. The number of aliphatic carboxylic acids is 1. The third kappa shape index (κ3) is 5.16. The minimum absolute atomic E-state index is 0.0499. The Morgan fingerprint density at radius 2 is 2.05 bits per heavy atom. The number of esters is 1. The maximum Gasteiger partial charge on any atom is 0.321 e. The first-order valence-electron chi connectivity index (χ1n) is 6.26. The van der Waals surface area contributed by atoms with Crippen molar-refractivity contribution in [2.24, 2.45) is 0 Å². The Morgan fingerprint density at radius 1 is 1.38 bits per heavy atom. The number of hydrogen-bond donors (Lipinski definition) is 2. The van der Waals surface area contributed by atoms with Gasteiger partial charge in [-0.1, -0.05) is 12.1 Å². The van der Waals surface area contributed by atoms with Gasteiger partial charge in [-0.05, 0) is 31.5 Å². The number of nitrogens with one attached hydrogen (secondary N) is 1. The first-order chi connectivity index (χ1) is 9.76. The number of carbonyl (C=O) groups is 2. The van der Waals surface area contributed by atoms with E-state index in [-0.39, 0.29) is 17.9 Å². The minimum Gasteiger partial charge on any atom is -0.480 e. The van der Waals surface area contributed by atoms with Crippen LogP contribution in [0.4, 0.5) is 0 Å². The molecule has 2 N–H and O–H groups in total. The van der Waals surface area contributed by atoms with Crippen molar-refractivity contribution in [2.45, 2.75) is 31.2 Å². The Hall–Kier alpha value is -1.93. The summed E-state index contributed by atoms with van der Waals surface area (Å²) in [6, 6.07) is 4.47. The summed E-state index contributed by atoms with van der Waals surface area (Å²) < 4.78 is 30.9. The zero-order valence-corrected chi connectivity index (χ0v) is 12.5. The molecule has 0 aliphatic carbocycles. The van der Waals surface area contributed by atoms with Crippen molar-refractivity contribution in [1.29, 1.82) is 0 Å². The predicted octanol–water partition coefficient (Wildman–Crippen LogP) is 0.544. The molecule has 0 aromatic heterocycles. The van der Waals surface area contributed by atoms with Crippen molar-refractivity contribution in [2.75, 3.05) is 6.61 Å². The van der Waals surface area contributed by atoms with E-state index in [1.807, 2.05) is 4.72 Å². The highest BCUT2D eigenvalue weighted by molar-refractivity contribution is 7.89. The normalized spacial score (nSPS) is 12.7. The SMILES string of the molecule is CCOC(=O)Cc1cccc(S(=O)(=O)NC(C)C(=O)O)c1. The van der Waals surface area contributed by atoms with Crippen molar-refractivity contribution in [3.05, 3.63) is 29.8 Å². The first kappa shape index (κ1) is 17.1. The van der Waals surface area contributed by atoms with Gasteiger partial charge in [-0.25, -0.2) is 8.42 Å². The molecule has 0 amide bonds. The molecule has 0 aliphatic rings. The van der Waals surface area contributed by atoms with E-state index < -0.39 is 28.0 Å². The summed E-state index contributed by atoms with van der Waals surface area (Å²) in [7, 11) is -3.96. The highest BCUT2D eigenvalue weighted by Crippen LogP contribution is 2.13. The van der Waals surface area contributed by atoms with Crippen LogP contribution in [0.2, 0.25) is 0 Å². The minimum atomic E-state index is -3.96. The van der Waals surface area contributed by atoms with Crippen LogP contribution in [0.25, 0.3) is 0 Å². The molecule has 116 valence electrons. The van der Waals surface area contributed by atoms with E-state index in [1.165, 1.54) is 25.1 Å². The summed E-state index contributed by atoms with van der Waals surface area (Å²) in [4.78, 5) is 22.0.